The predicted octanol–water partition coefficient (Wildman–Crippen LogP) is -1.35. The third-order valence-corrected chi connectivity index (χ3v) is 2.87. The van der Waals surface area contributed by atoms with Crippen LogP contribution in [0.2, 0.25) is 0 Å². The van der Waals surface area contributed by atoms with Crippen LogP contribution < -0.4 is 5.14 Å². The van der Waals surface area contributed by atoms with E-state index < -0.39 is 10.2 Å². The maximum atomic E-state index is 10.7. The first-order valence-electron chi connectivity index (χ1n) is 3.46. The van der Waals surface area contributed by atoms with Crippen molar-refractivity contribution in [3.05, 3.63) is 0 Å². The highest BCUT2D eigenvalue weighted by Gasteiger charge is 2.23. The largest absolute Gasteiger partial charge is 0.393 e. The molecule has 0 unspecified atom stereocenters. The van der Waals surface area contributed by atoms with Gasteiger partial charge in [0.05, 0.1) is 6.10 Å². The Morgan fingerprint density at radius 1 is 1.36 bits per heavy atom. The molecule has 0 spiro atoms. The number of nitrogens with zero attached hydrogens (tertiary/aromatic N) is 1. The summed E-state index contributed by atoms with van der Waals surface area (Å²) in [5.74, 6) is 0. The molecule has 1 saturated heterocycles. The van der Waals surface area contributed by atoms with Gasteiger partial charge < -0.3 is 5.11 Å². The molecule has 5 nitrogen and oxygen atoms in total. The molecule has 0 aromatic rings. The molecule has 0 atom stereocenters. The number of piperidine rings is 1. The second-order valence-corrected chi connectivity index (χ2v) is 4.22. The van der Waals surface area contributed by atoms with Crippen LogP contribution in [0.1, 0.15) is 12.8 Å². The molecule has 1 fully saturated rings. The van der Waals surface area contributed by atoms with Crippen LogP contribution >= 0.6 is 0 Å². The summed E-state index contributed by atoms with van der Waals surface area (Å²) in [7, 11) is -3.53. The number of hydrogen-bond donors (Lipinski definition) is 2. The Balaban J connectivity index is 2.53. The summed E-state index contributed by atoms with van der Waals surface area (Å²) in [6, 6.07) is 0. The van der Waals surface area contributed by atoms with Crippen LogP contribution in [0, 0.1) is 0 Å². The Kier molecular flexibility index (Phi) is 2.48. The van der Waals surface area contributed by atoms with Crippen molar-refractivity contribution in [1.29, 1.82) is 0 Å². The summed E-state index contributed by atoms with van der Waals surface area (Å²) >= 11 is 0. The van der Waals surface area contributed by atoms with E-state index in [0.29, 0.717) is 25.9 Å². The molecule has 0 amide bonds. The number of aliphatic hydroxyl groups excluding tert-OH is 1. The Bertz CT molecular complexity index is 218. The SMILES string of the molecule is NS(=O)(=O)N1CCC(O)CC1. The normalized spacial score (nSPS) is 23.8. The summed E-state index contributed by atoms with van der Waals surface area (Å²) < 4.78 is 22.6. The van der Waals surface area contributed by atoms with Gasteiger partial charge in [-0.3, -0.25) is 0 Å². The Labute approximate surface area is 66.0 Å². The summed E-state index contributed by atoms with van der Waals surface area (Å²) in [5, 5.41) is 13.9. The van der Waals surface area contributed by atoms with Crippen molar-refractivity contribution in [2.75, 3.05) is 13.1 Å². The first kappa shape index (κ1) is 8.92. The minimum Gasteiger partial charge on any atom is -0.393 e. The van der Waals surface area contributed by atoms with Gasteiger partial charge in [-0.15, -0.1) is 0 Å². The zero-order chi connectivity index (χ0) is 8.48. The van der Waals surface area contributed by atoms with Crippen molar-refractivity contribution in [2.45, 2.75) is 18.9 Å². The third-order valence-electron chi connectivity index (χ3n) is 1.78. The minimum atomic E-state index is -3.53. The molecule has 66 valence electrons. The molecular weight excluding hydrogens is 168 g/mol. The average Bonchev–Trinajstić information content (AvgIpc) is 1.86. The summed E-state index contributed by atoms with van der Waals surface area (Å²) in [4.78, 5) is 0. The molecule has 0 aliphatic carbocycles. The van der Waals surface area contributed by atoms with E-state index in [1.165, 1.54) is 4.31 Å². The fourth-order valence-electron chi connectivity index (χ4n) is 1.10. The summed E-state index contributed by atoms with van der Waals surface area (Å²) in [6.07, 6.45) is 0.598. The summed E-state index contributed by atoms with van der Waals surface area (Å²) in [6.45, 7) is 0.667. The first-order chi connectivity index (χ1) is 5.00. The van der Waals surface area contributed by atoms with Crippen molar-refractivity contribution in [2.24, 2.45) is 5.14 Å². The van der Waals surface area contributed by atoms with Gasteiger partial charge in [-0.25, -0.2) is 5.14 Å². The average molecular weight is 180 g/mol. The molecule has 0 bridgehead atoms. The van der Waals surface area contributed by atoms with Crippen LogP contribution in [0.25, 0.3) is 0 Å². The van der Waals surface area contributed by atoms with E-state index in [4.69, 9.17) is 10.2 Å². The van der Waals surface area contributed by atoms with Crippen molar-refractivity contribution in [3.63, 3.8) is 0 Å². The predicted molar refractivity (Wildman–Crippen MR) is 39.9 cm³/mol. The van der Waals surface area contributed by atoms with Gasteiger partial charge in [0.25, 0.3) is 10.2 Å². The highest BCUT2D eigenvalue weighted by atomic mass is 32.2. The molecule has 0 aromatic heterocycles. The lowest BCUT2D eigenvalue weighted by Crippen LogP contribution is -2.43. The molecule has 0 radical (unpaired) electrons. The fourth-order valence-corrected chi connectivity index (χ4v) is 1.82. The van der Waals surface area contributed by atoms with Gasteiger partial charge in [0.15, 0.2) is 0 Å². The van der Waals surface area contributed by atoms with Gasteiger partial charge in [0.2, 0.25) is 0 Å². The van der Waals surface area contributed by atoms with E-state index in [0.717, 1.165) is 0 Å². The smallest absolute Gasteiger partial charge is 0.276 e. The maximum Gasteiger partial charge on any atom is 0.276 e. The van der Waals surface area contributed by atoms with Gasteiger partial charge in [0.1, 0.15) is 0 Å². The molecule has 3 N–H and O–H groups in total. The van der Waals surface area contributed by atoms with E-state index in [1.807, 2.05) is 0 Å². The third kappa shape index (κ3) is 2.41. The zero-order valence-electron chi connectivity index (χ0n) is 6.10. The van der Waals surface area contributed by atoms with Crippen LogP contribution in [0.3, 0.4) is 0 Å². The Morgan fingerprint density at radius 2 is 1.82 bits per heavy atom. The van der Waals surface area contributed by atoms with Gasteiger partial charge in [-0.1, -0.05) is 0 Å². The number of rotatable bonds is 1. The molecule has 1 aliphatic rings. The zero-order valence-corrected chi connectivity index (χ0v) is 6.92. The lowest BCUT2D eigenvalue weighted by atomic mass is 10.1. The van der Waals surface area contributed by atoms with Crippen LogP contribution in [0.15, 0.2) is 0 Å². The van der Waals surface area contributed by atoms with Crippen molar-refractivity contribution < 1.29 is 13.5 Å². The van der Waals surface area contributed by atoms with Crippen molar-refractivity contribution in [3.8, 4) is 0 Å². The van der Waals surface area contributed by atoms with Gasteiger partial charge in [0, 0.05) is 13.1 Å². The summed E-state index contributed by atoms with van der Waals surface area (Å²) in [5.41, 5.74) is 0. The van der Waals surface area contributed by atoms with Gasteiger partial charge in [-0.05, 0) is 12.8 Å². The number of aliphatic hydroxyl groups is 1. The lowest BCUT2D eigenvalue weighted by Gasteiger charge is -2.26. The van der Waals surface area contributed by atoms with Crippen molar-refractivity contribution >= 4 is 10.2 Å². The van der Waals surface area contributed by atoms with Crippen LogP contribution in [-0.4, -0.2) is 37.0 Å². The lowest BCUT2D eigenvalue weighted by molar-refractivity contribution is 0.113. The molecular formula is C5H12N2O3S. The Morgan fingerprint density at radius 3 is 2.18 bits per heavy atom. The van der Waals surface area contributed by atoms with E-state index in [2.05, 4.69) is 0 Å². The molecule has 11 heavy (non-hydrogen) atoms. The molecule has 6 heteroatoms. The molecule has 1 aliphatic heterocycles. The van der Waals surface area contributed by atoms with E-state index in [1.54, 1.807) is 0 Å². The quantitative estimate of drug-likeness (QED) is 0.523. The van der Waals surface area contributed by atoms with Crippen LogP contribution in [0.4, 0.5) is 0 Å². The molecule has 0 aromatic carbocycles. The van der Waals surface area contributed by atoms with Gasteiger partial charge in [-0.2, -0.15) is 12.7 Å². The molecule has 1 heterocycles. The Hall–Kier alpha value is -0.170. The van der Waals surface area contributed by atoms with Crippen molar-refractivity contribution in [1.82, 2.24) is 4.31 Å². The standard InChI is InChI=1S/C5H12N2O3S/c6-11(9,10)7-3-1-5(8)2-4-7/h5,8H,1-4H2,(H2,6,9,10). The van der Waals surface area contributed by atoms with Crippen LogP contribution in [0.5, 0.6) is 0 Å². The number of nitrogens with two attached hydrogens (primary N) is 1. The van der Waals surface area contributed by atoms with Crippen LogP contribution in [-0.2, 0) is 10.2 Å². The van der Waals surface area contributed by atoms with Gasteiger partial charge >= 0.3 is 0 Å². The monoisotopic (exact) mass is 180 g/mol. The molecule has 1 rings (SSSR count). The van der Waals surface area contributed by atoms with E-state index in [-0.39, 0.29) is 6.10 Å². The minimum absolute atomic E-state index is 0.333. The second kappa shape index (κ2) is 3.06. The fraction of sp³-hybridized carbons (Fsp3) is 1.00. The number of hydrogen-bond acceptors (Lipinski definition) is 3. The second-order valence-electron chi connectivity index (χ2n) is 2.68. The first-order valence-corrected chi connectivity index (χ1v) is 4.96. The molecule has 0 saturated carbocycles. The highest BCUT2D eigenvalue weighted by Crippen LogP contribution is 2.11. The van der Waals surface area contributed by atoms with E-state index >= 15 is 0 Å². The van der Waals surface area contributed by atoms with E-state index in [9.17, 15) is 8.42 Å². The highest BCUT2D eigenvalue weighted by molar-refractivity contribution is 7.86. The maximum absolute atomic E-state index is 10.7. The topological polar surface area (TPSA) is 83.6 Å².